The molecule has 0 amide bonds. The Morgan fingerprint density at radius 2 is 1.94 bits per heavy atom. The Morgan fingerprint density at radius 3 is 2.59 bits per heavy atom. The lowest BCUT2D eigenvalue weighted by molar-refractivity contribution is -0.150. The van der Waals surface area contributed by atoms with Crippen molar-refractivity contribution < 1.29 is 14.6 Å². The number of benzene rings is 1. The highest BCUT2D eigenvalue weighted by Gasteiger charge is 2.44. The number of pyridine rings is 2. The highest BCUT2D eigenvalue weighted by atomic mass is 28.3. The number of hydrogen-bond donors (Lipinski definition) is 1. The van der Waals surface area contributed by atoms with Crippen LogP contribution < -0.4 is 5.56 Å². The third-order valence-corrected chi connectivity index (χ3v) is 8.65. The molecule has 0 bridgehead atoms. The van der Waals surface area contributed by atoms with Gasteiger partial charge in [-0.15, -0.1) is 0 Å². The standard InChI is InChI=1S/C27H31N2O4Si/c1-7-27(32)13-20(30)33-25(34(5)6)21-17(27)12-19-23-16(14-29(19)24(21)31)22(26(2,3)4)15-10-8-9-11-18(15)28-23/h8-12,25,32H,7,13-14H2,1-6H3. The number of carbonyl (C=O) groups excluding carboxylic acids is 1. The summed E-state index contributed by atoms with van der Waals surface area (Å²) in [6, 6.07) is 10.00. The molecule has 2 atom stereocenters. The van der Waals surface area contributed by atoms with E-state index in [9.17, 15) is 14.7 Å². The monoisotopic (exact) mass is 475 g/mol. The van der Waals surface area contributed by atoms with Crippen LogP contribution in [-0.2, 0) is 27.1 Å². The average Bonchev–Trinajstić information content (AvgIpc) is 3.07. The van der Waals surface area contributed by atoms with Gasteiger partial charge in [0.1, 0.15) is 20.1 Å². The molecule has 4 heterocycles. The molecule has 2 aliphatic heterocycles. The van der Waals surface area contributed by atoms with Gasteiger partial charge in [0.2, 0.25) is 0 Å². The van der Waals surface area contributed by atoms with Gasteiger partial charge in [-0.3, -0.25) is 9.59 Å². The van der Waals surface area contributed by atoms with Crippen LogP contribution in [0.1, 0.15) is 68.5 Å². The fourth-order valence-electron chi connectivity index (χ4n) is 5.57. The second-order valence-corrected chi connectivity index (χ2v) is 13.5. The van der Waals surface area contributed by atoms with Crippen molar-refractivity contribution in [3.8, 4) is 11.4 Å². The number of aliphatic hydroxyl groups is 1. The Balaban J connectivity index is 1.87. The van der Waals surface area contributed by atoms with Crippen molar-refractivity contribution in [1.82, 2.24) is 9.55 Å². The smallest absolute Gasteiger partial charge is 0.309 e. The number of aromatic nitrogens is 2. The maximum Gasteiger partial charge on any atom is 0.309 e. The van der Waals surface area contributed by atoms with Crippen LogP contribution in [0.3, 0.4) is 0 Å². The van der Waals surface area contributed by atoms with E-state index in [0.717, 1.165) is 22.2 Å². The van der Waals surface area contributed by atoms with Crippen LogP contribution >= 0.6 is 0 Å². The van der Waals surface area contributed by atoms with Gasteiger partial charge in [-0.05, 0) is 35.1 Å². The van der Waals surface area contributed by atoms with Crippen molar-refractivity contribution in [1.29, 1.82) is 0 Å². The van der Waals surface area contributed by atoms with E-state index < -0.39 is 26.1 Å². The molecule has 0 fully saturated rings. The summed E-state index contributed by atoms with van der Waals surface area (Å²) in [6.45, 7) is 12.9. The summed E-state index contributed by atoms with van der Waals surface area (Å²) in [5, 5.41) is 12.7. The lowest BCUT2D eigenvalue weighted by atomic mass is 9.81. The number of hydrogen-bond acceptors (Lipinski definition) is 5. The van der Waals surface area contributed by atoms with Crippen molar-refractivity contribution >= 4 is 25.7 Å². The van der Waals surface area contributed by atoms with Gasteiger partial charge in [0.15, 0.2) is 0 Å². The van der Waals surface area contributed by atoms with Crippen LogP contribution in [-0.4, -0.2) is 29.4 Å². The molecule has 34 heavy (non-hydrogen) atoms. The number of cyclic esters (lactones) is 1. The third kappa shape index (κ3) is 3.28. The first-order chi connectivity index (χ1) is 16.0. The molecule has 3 aromatic rings. The predicted molar refractivity (Wildman–Crippen MR) is 134 cm³/mol. The van der Waals surface area contributed by atoms with Gasteiger partial charge in [0.05, 0.1) is 35.4 Å². The van der Waals surface area contributed by atoms with E-state index in [2.05, 4.69) is 26.8 Å². The van der Waals surface area contributed by atoms with E-state index in [0.29, 0.717) is 29.8 Å². The number of esters is 1. The Hall–Kier alpha value is -2.77. The van der Waals surface area contributed by atoms with Crippen LogP contribution in [0.5, 0.6) is 0 Å². The molecule has 5 rings (SSSR count). The number of fused-ring (bicyclic) bond motifs is 5. The zero-order valence-electron chi connectivity index (χ0n) is 20.7. The molecular formula is C27H31N2O4Si. The number of nitrogens with zero attached hydrogens (tertiary/aromatic N) is 2. The molecule has 1 N–H and O–H groups in total. The minimum Gasteiger partial charge on any atom is -0.461 e. The van der Waals surface area contributed by atoms with Crippen molar-refractivity contribution in [3.05, 3.63) is 62.9 Å². The van der Waals surface area contributed by atoms with Gasteiger partial charge in [0.25, 0.3) is 5.56 Å². The molecule has 0 saturated carbocycles. The number of para-hydroxylation sites is 1. The second kappa shape index (κ2) is 7.62. The number of rotatable bonds is 2. The summed E-state index contributed by atoms with van der Waals surface area (Å²) in [7, 11) is -1.21. The quantitative estimate of drug-likeness (QED) is 0.338. The molecule has 1 radical (unpaired) electrons. The van der Waals surface area contributed by atoms with Crippen molar-refractivity contribution in [2.75, 3.05) is 0 Å². The summed E-state index contributed by atoms with van der Waals surface area (Å²) < 4.78 is 7.53. The largest absolute Gasteiger partial charge is 0.461 e. The Bertz CT molecular complexity index is 1400. The van der Waals surface area contributed by atoms with Gasteiger partial charge in [-0.2, -0.15) is 0 Å². The average molecular weight is 476 g/mol. The highest BCUT2D eigenvalue weighted by molar-refractivity contribution is 6.57. The third-order valence-electron chi connectivity index (χ3n) is 7.20. The van der Waals surface area contributed by atoms with E-state index in [1.54, 1.807) is 4.57 Å². The lowest BCUT2D eigenvalue weighted by Gasteiger charge is -2.27. The van der Waals surface area contributed by atoms with Crippen LogP contribution in [0.15, 0.2) is 35.1 Å². The Labute approximate surface area is 201 Å². The van der Waals surface area contributed by atoms with Gasteiger partial charge in [-0.25, -0.2) is 4.98 Å². The van der Waals surface area contributed by atoms with Crippen molar-refractivity contribution in [2.24, 2.45) is 0 Å². The predicted octanol–water partition coefficient (Wildman–Crippen LogP) is 4.60. The first-order valence-electron chi connectivity index (χ1n) is 11.9. The molecule has 2 aliphatic rings. The molecule has 177 valence electrons. The SMILES string of the molecule is CCC1(O)CC(=O)OC([Si](C)C)c2c1cc1n(c2=O)Cc2c-1nc1ccccc1c2C(C)(C)C. The lowest BCUT2D eigenvalue weighted by Crippen LogP contribution is -2.35. The molecule has 0 aliphatic carbocycles. The Morgan fingerprint density at radius 1 is 1.24 bits per heavy atom. The van der Waals surface area contributed by atoms with Crippen molar-refractivity contribution in [3.63, 3.8) is 0 Å². The molecule has 0 saturated heterocycles. The summed E-state index contributed by atoms with van der Waals surface area (Å²) in [6.07, 6.45) is 0.155. The topological polar surface area (TPSA) is 81.4 Å². The van der Waals surface area contributed by atoms with Crippen molar-refractivity contribution in [2.45, 2.75) is 76.9 Å². The maximum absolute atomic E-state index is 14.1. The zero-order valence-corrected chi connectivity index (χ0v) is 21.7. The Kier molecular flexibility index (Phi) is 5.15. The molecule has 6 nitrogen and oxygen atoms in total. The molecule has 2 aromatic heterocycles. The fourth-order valence-corrected chi connectivity index (χ4v) is 6.80. The summed E-state index contributed by atoms with van der Waals surface area (Å²) in [5.41, 5.74) is 3.19. The molecule has 0 spiro atoms. The molecule has 7 heteroatoms. The zero-order chi connectivity index (χ0) is 24.6. The van der Waals surface area contributed by atoms with E-state index in [1.165, 1.54) is 5.56 Å². The highest BCUT2D eigenvalue weighted by Crippen LogP contribution is 2.44. The van der Waals surface area contributed by atoms with Gasteiger partial charge in [0, 0.05) is 10.9 Å². The van der Waals surface area contributed by atoms with E-state index >= 15 is 0 Å². The maximum atomic E-state index is 14.1. The van der Waals surface area contributed by atoms with Crippen LogP contribution in [0.25, 0.3) is 22.3 Å². The van der Waals surface area contributed by atoms with Crippen LogP contribution in [0.4, 0.5) is 0 Å². The van der Waals surface area contributed by atoms with E-state index in [-0.39, 0.29) is 17.4 Å². The number of carbonyl (C=O) groups is 1. The second-order valence-electron chi connectivity index (χ2n) is 10.8. The fraction of sp³-hybridized carbons (Fsp3) is 0.444. The molecule has 1 aromatic carbocycles. The minimum absolute atomic E-state index is 0.152. The van der Waals surface area contributed by atoms with Crippen LogP contribution in [0, 0.1) is 0 Å². The van der Waals surface area contributed by atoms with Gasteiger partial charge < -0.3 is 14.4 Å². The van der Waals surface area contributed by atoms with Gasteiger partial charge >= 0.3 is 5.97 Å². The first kappa shape index (κ1) is 23.0. The summed E-state index contributed by atoms with van der Waals surface area (Å²) >= 11 is 0. The minimum atomic E-state index is -1.44. The summed E-state index contributed by atoms with van der Waals surface area (Å²) in [5.74, 6) is -0.458. The van der Waals surface area contributed by atoms with Crippen LogP contribution in [0.2, 0.25) is 13.1 Å². The van der Waals surface area contributed by atoms with Gasteiger partial charge in [-0.1, -0.05) is 59.0 Å². The first-order valence-corrected chi connectivity index (χ1v) is 14.5. The number of ether oxygens (including phenoxy) is 1. The van der Waals surface area contributed by atoms with E-state index in [4.69, 9.17) is 9.72 Å². The summed E-state index contributed by atoms with van der Waals surface area (Å²) in [4.78, 5) is 31.7. The van der Waals surface area contributed by atoms with E-state index in [1.807, 2.05) is 44.3 Å². The molecule has 2 unspecified atom stereocenters. The normalized spacial score (nSPS) is 21.8. The molecular weight excluding hydrogens is 444 g/mol.